The van der Waals surface area contributed by atoms with E-state index >= 15 is 0 Å². The van der Waals surface area contributed by atoms with Crippen LogP contribution in [0, 0.1) is 11.8 Å². The van der Waals surface area contributed by atoms with E-state index in [4.69, 9.17) is 4.74 Å². The minimum atomic E-state index is 0.475. The summed E-state index contributed by atoms with van der Waals surface area (Å²) in [4.78, 5) is 0. The monoisotopic (exact) mass is 225 g/mol. The van der Waals surface area contributed by atoms with E-state index in [9.17, 15) is 0 Å². The number of hydrogen-bond donors (Lipinski definition) is 1. The molecule has 0 spiro atoms. The molecule has 1 aliphatic carbocycles. The highest BCUT2D eigenvalue weighted by Crippen LogP contribution is 2.33. The van der Waals surface area contributed by atoms with Crippen molar-refractivity contribution in [3.8, 4) is 0 Å². The summed E-state index contributed by atoms with van der Waals surface area (Å²) in [6.07, 6.45) is 8.83. The molecule has 0 amide bonds. The fraction of sp³-hybridized carbons (Fsp3) is 1.00. The van der Waals surface area contributed by atoms with Gasteiger partial charge in [-0.3, -0.25) is 0 Å². The molecular weight excluding hydrogens is 198 g/mol. The summed E-state index contributed by atoms with van der Waals surface area (Å²) >= 11 is 0. The molecule has 0 aromatic heterocycles. The first-order chi connectivity index (χ1) is 7.83. The largest absolute Gasteiger partial charge is 0.376 e. The van der Waals surface area contributed by atoms with Gasteiger partial charge < -0.3 is 10.1 Å². The van der Waals surface area contributed by atoms with Crippen molar-refractivity contribution in [2.45, 2.75) is 64.5 Å². The van der Waals surface area contributed by atoms with Crippen LogP contribution in [0.3, 0.4) is 0 Å². The fourth-order valence-electron chi connectivity index (χ4n) is 3.46. The van der Waals surface area contributed by atoms with Crippen LogP contribution in [-0.2, 0) is 4.74 Å². The molecule has 2 heteroatoms. The van der Waals surface area contributed by atoms with Gasteiger partial charge in [-0.25, -0.2) is 0 Å². The molecule has 1 aliphatic heterocycles. The zero-order chi connectivity index (χ0) is 11.4. The lowest BCUT2D eigenvalue weighted by Crippen LogP contribution is -2.47. The Balaban J connectivity index is 1.97. The zero-order valence-electron chi connectivity index (χ0n) is 10.9. The molecule has 0 radical (unpaired) electrons. The highest BCUT2D eigenvalue weighted by molar-refractivity contribution is 4.90. The van der Waals surface area contributed by atoms with Crippen molar-refractivity contribution in [1.29, 1.82) is 0 Å². The molecule has 3 unspecified atom stereocenters. The molecule has 16 heavy (non-hydrogen) atoms. The topological polar surface area (TPSA) is 21.3 Å². The van der Waals surface area contributed by atoms with Crippen LogP contribution < -0.4 is 5.32 Å². The van der Waals surface area contributed by atoms with E-state index in [1.165, 1.54) is 38.5 Å². The van der Waals surface area contributed by atoms with E-state index in [1.54, 1.807) is 0 Å². The van der Waals surface area contributed by atoms with Crippen molar-refractivity contribution in [2.24, 2.45) is 11.8 Å². The zero-order valence-corrected chi connectivity index (χ0v) is 10.9. The summed E-state index contributed by atoms with van der Waals surface area (Å²) in [6, 6.07) is 0.614. The summed E-state index contributed by atoms with van der Waals surface area (Å²) in [7, 11) is 0. The maximum atomic E-state index is 5.97. The second-order valence-corrected chi connectivity index (χ2v) is 5.58. The average Bonchev–Trinajstić information content (AvgIpc) is 2.73. The van der Waals surface area contributed by atoms with Crippen LogP contribution in [0.5, 0.6) is 0 Å². The molecule has 1 heterocycles. The molecule has 94 valence electrons. The van der Waals surface area contributed by atoms with Crippen molar-refractivity contribution in [3.63, 3.8) is 0 Å². The predicted octanol–water partition coefficient (Wildman–Crippen LogP) is 2.97. The standard InChI is InChI=1S/C14H27NO/c1-3-15-13(12-7-5-4-6-8-12)14-11(2)9-10-16-14/h11-15H,3-10H2,1-2H3. The van der Waals surface area contributed by atoms with E-state index < -0.39 is 0 Å². The number of ether oxygens (including phenoxy) is 1. The van der Waals surface area contributed by atoms with Crippen LogP contribution in [0.25, 0.3) is 0 Å². The molecule has 0 aromatic rings. The van der Waals surface area contributed by atoms with Crippen LogP contribution in [0.15, 0.2) is 0 Å². The van der Waals surface area contributed by atoms with Crippen LogP contribution in [-0.4, -0.2) is 25.3 Å². The van der Waals surface area contributed by atoms with Gasteiger partial charge in [-0.2, -0.15) is 0 Å². The van der Waals surface area contributed by atoms with Crippen molar-refractivity contribution in [2.75, 3.05) is 13.2 Å². The van der Waals surface area contributed by atoms with Gasteiger partial charge in [-0.05, 0) is 37.6 Å². The predicted molar refractivity (Wildman–Crippen MR) is 67.6 cm³/mol. The highest BCUT2D eigenvalue weighted by atomic mass is 16.5. The molecule has 1 saturated carbocycles. The fourth-order valence-corrected chi connectivity index (χ4v) is 3.46. The Labute approximate surface area is 100 Å². The minimum Gasteiger partial charge on any atom is -0.376 e. The van der Waals surface area contributed by atoms with Crippen molar-refractivity contribution in [1.82, 2.24) is 5.32 Å². The Hall–Kier alpha value is -0.0800. The van der Waals surface area contributed by atoms with Gasteiger partial charge in [0.25, 0.3) is 0 Å². The lowest BCUT2D eigenvalue weighted by molar-refractivity contribution is 0.0339. The van der Waals surface area contributed by atoms with Gasteiger partial charge >= 0.3 is 0 Å². The molecule has 1 N–H and O–H groups in total. The van der Waals surface area contributed by atoms with E-state index in [2.05, 4.69) is 19.2 Å². The SMILES string of the molecule is CCNC(C1CCCCC1)C1OCCC1C. The molecule has 0 aromatic carbocycles. The van der Waals surface area contributed by atoms with E-state index in [-0.39, 0.29) is 0 Å². The van der Waals surface area contributed by atoms with E-state index in [1.807, 2.05) is 0 Å². The Kier molecular flexibility index (Phi) is 4.66. The Morgan fingerprint density at radius 3 is 2.50 bits per heavy atom. The van der Waals surface area contributed by atoms with Gasteiger partial charge in [0.05, 0.1) is 6.10 Å². The summed E-state index contributed by atoms with van der Waals surface area (Å²) in [6.45, 7) is 6.62. The molecule has 3 atom stereocenters. The van der Waals surface area contributed by atoms with Gasteiger partial charge in [-0.1, -0.05) is 33.1 Å². The van der Waals surface area contributed by atoms with E-state index in [0.717, 1.165) is 25.0 Å². The summed E-state index contributed by atoms with van der Waals surface area (Å²) < 4.78 is 5.97. The maximum absolute atomic E-state index is 5.97. The third-order valence-electron chi connectivity index (χ3n) is 4.40. The third-order valence-corrected chi connectivity index (χ3v) is 4.40. The van der Waals surface area contributed by atoms with E-state index in [0.29, 0.717) is 12.1 Å². The van der Waals surface area contributed by atoms with Gasteiger partial charge in [0.1, 0.15) is 0 Å². The minimum absolute atomic E-state index is 0.475. The Bertz CT molecular complexity index is 201. The second-order valence-electron chi connectivity index (χ2n) is 5.58. The highest BCUT2D eigenvalue weighted by Gasteiger charge is 2.36. The van der Waals surface area contributed by atoms with Crippen molar-refractivity contribution < 1.29 is 4.74 Å². The normalized spacial score (nSPS) is 34.1. The number of likely N-dealkylation sites (N-methyl/N-ethyl adjacent to an activating group) is 1. The summed E-state index contributed by atoms with van der Waals surface area (Å²) in [5, 5.41) is 3.70. The molecular formula is C14H27NO. The van der Waals surface area contributed by atoms with Crippen LogP contribution in [0.2, 0.25) is 0 Å². The maximum Gasteiger partial charge on any atom is 0.0756 e. The van der Waals surface area contributed by atoms with Gasteiger partial charge in [0.15, 0.2) is 0 Å². The summed E-state index contributed by atoms with van der Waals surface area (Å²) in [5.41, 5.74) is 0. The van der Waals surface area contributed by atoms with Gasteiger partial charge in [-0.15, -0.1) is 0 Å². The van der Waals surface area contributed by atoms with Gasteiger partial charge in [0.2, 0.25) is 0 Å². The molecule has 2 rings (SSSR count). The average molecular weight is 225 g/mol. The third kappa shape index (κ3) is 2.78. The Morgan fingerprint density at radius 1 is 1.19 bits per heavy atom. The summed E-state index contributed by atoms with van der Waals surface area (Å²) in [5.74, 6) is 1.60. The molecule has 1 saturated heterocycles. The first-order valence-corrected chi connectivity index (χ1v) is 7.18. The molecule has 2 aliphatic rings. The molecule has 0 bridgehead atoms. The van der Waals surface area contributed by atoms with Crippen LogP contribution in [0.1, 0.15) is 52.4 Å². The first kappa shape index (κ1) is 12.4. The number of nitrogens with one attached hydrogen (secondary N) is 1. The Morgan fingerprint density at radius 2 is 1.94 bits per heavy atom. The smallest absolute Gasteiger partial charge is 0.0756 e. The van der Waals surface area contributed by atoms with Crippen molar-refractivity contribution in [3.05, 3.63) is 0 Å². The lowest BCUT2D eigenvalue weighted by Gasteiger charge is -2.36. The number of hydrogen-bond acceptors (Lipinski definition) is 2. The number of rotatable bonds is 4. The molecule has 2 fully saturated rings. The van der Waals surface area contributed by atoms with Gasteiger partial charge in [0, 0.05) is 12.6 Å². The van der Waals surface area contributed by atoms with Crippen LogP contribution >= 0.6 is 0 Å². The molecule has 2 nitrogen and oxygen atoms in total. The second kappa shape index (κ2) is 6.02. The first-order valence-electron chi connectivity index (χ1n) is 7.18. The quantitative estimate of drug-likeness (QED) is 0.794. The lowest BCUT2D eigenvalue weighted by atomic mass is 9.79. The van der Waals surface area contributed by atoms with Crippen molar-refractivity contribution >= 4 is 0 Å². The van der Waals surface area contributed by atoms with Crippen LogP contribution in [0.4, 0.5) is 0 Å².